The molecular formula is C30H30N2NiO4. The standard InChI is InChI=1S/2C15H15NO2.Ni/c2*1-10-6-5-9-13(11(10)2)16-14-8-4-3-7-12(14)15(17)18;/h2*3-9,16H,1-2H3,(H,17,18);. The summed E-state index contributed by atoms with van der Waals surface area (Å²) in [5.41, 5.74) is 8.23. The molecule has 0 radical (unpaired) electrons. The van der Waals surface area contributed by atoms with Crippen LogP contribution in [0.25, 0.3) is 0 Å². The molecule has 4 aromatic carbocycles. The fourth-order valence-corrected chi connectivity index (χ4v) is 3.62. The van der Waals surface area contributed by atoms with Crippen molar-refractivity contribution in [3.05, 3.63) is 118 Å². The second-order valence-electron chi connectivity index (χ2n) is 8.45. The molecule has 0 aliphatic carbocycles. The van der Waals surface area contributed by atoms with Crippen molar-refractivity contribution in [2.24, 2.45) is 0 Å². The summed E-state index contributed by atoms with van der Waals surface area (Å²) in [5, 5.41) is 24.6. The molecule has 0 bridgehead atoms. The van der Waals surface area contributed by atoms with E-state index in [1.54, 1.807) is 36.4 Å². The third kappa shape index (κ3) is 7.45. The third-order valence-corrected chi connectivity index (χ3v) is 6.06. The number of carbonyl (C=O) groups is 2. The molecule has 194 valence electrons. The zero-order chi connectivity index (χ0) is 26.2. The first-order chi connectivity index (χ1) is 17.2. The molecule has 37 heavy (non-hydrogen) atoms. The molecule has 0 atom stereocenters. The van der Waals surface area contributed by atoms with E-state index in [0.29, 0.717) is 11.4 Å². The van der Waals surface area contributed by atoms with Crippen molar-refractivity contribution in [3.8, 4) is 0 Å². The van der Waals surface area contributed by atoms with Crippen LogP contribution in [0.3, 0.4) is 0 Å². The summed E-state index contributed by atoms with van der Waals surface area (Å²) in [4.78, 5) is 22.2. The van der Waals surface area contributed by atoms with Crippen LogP contribution in [-0.2, 0) is 16.5 Å². The van der Waals surface area contributed by atoms with E-state index in [-0.39, 0.29) is 27.6 Å². The number of aromatic carboxylic acids is 2. The van der Waals surface area contributed by atoms with Crippen LogP contribution < -0.4 is 10.6 Å². The molecule has 0 aliphatic rings. The van der Waals surface area contributed by atoms with Gasteiger partial charge in [0.2, 0.25) is 0 Å². The van der Waals surface area contributed by atoms with Gasteiger partial charge in [-0.1, -0.05) is 48.5 Å². The van der Waals surface area contributed by atoms with Crippen LogP contribution in [0.2, 0.25) is 0 Å². The van der Waals surface area contributed by atoms with Gasteiger partial charge in [-0.05, 0) is 86.3 Å². The van der Waals surface area contributed by atoms with E-state index in [2.05, 4.69) is 10.6 Å². The number of nitrogens with one attached hydrogen (secondary N) is 2. The molecule has 4 aromatic rings. The maximum Gasteiger partial charge on any atom is 0.337 e. The monoisotopic (exact) mass is 540 g/mol. The fraction of sp³-hybridized carbons (Fsp3) is 0.133. The minimum absolute atomic E-state index is 0. The van der Waals surface area contributed by atoms with E-state index in [1.165, 1.54) is 11.1 Å². The van der Waals surface area contributed by atoms with Gasteiger partial charge in [-0.15, -0.1) is 0 Å². The van der Waals surface area contributed by atoms with Crippen molar-refractivity contribution in [1.82, 2.24) is 0 Å². The van der Waals surface area contributed by atoms with Gasteiger partial charge in [0.25, 0.3) is 0 Å². The Balaban J connectivity index is 0.000000253. The van der Waals surface area contributed by atoms with Gasteiger partial charge in [-0.2, -0.15) is 0 Å². The van der Waals surface area contributed by atoms with E-state index in [9.17, 15) is 9.59 Å². The molecule has 0 amide bonds. The third-order valence-electron chi connectivity index (χ3n) is 6.06. The normalized spacial score (nSPS) is 9.84. The number of carboxylic acids is 2. The largest absolute Gasteiger partial charge is 0.478 e. The first kappa shape index (κ1) is 29.1. The maximum absolute atomic E-state index is 11.1. The summed E-state index contributed by atoms with van der Waals surface area (Å²) in [5.74, 6) is -1.85. The van der Waals surface area contributed by atoms with Crippen molar-refractivity contribution < 1.29 is 36.3 Å². The summed E-state index contributed by atoms with van der Waals surface area (Å²) in [6.07, 6.45) is 0. The zero-order valence-electron chi connectivity index (χ0n) is 21.1. The predicted octanol–water partition coefficient (Wildman–Crippen LogP) is 7.49. The quantitative estimate of drug-likeness (QED) is 0.189. The van der Waals surface area contributed by atoms with Crippen molar-refractivity contribution >= 4 is 34.7 Å². The Morgan fingerprint density at radius 3 is 1.19 bits per heavy atom. The molecule has 0 aliphatic heterocycles. The van der Waals surface area contributed by atoms with Gasteiger partial charge in [0, 0.05) is 27.9 Å². The minimum atomic E-state index is -0.927. The van der Waals surface area contributed by atoms with Gasteiger partial charge in [-0.25, -0.2) is 9.59 Å². The van der Waals surface area contributed by atoms with E-state index in [0.717, 1.165) is 22.5 Å². The number of aryl methyl sites for hydroxylation is 2. The Bertz CT molecular complexity index is 1300. The molecule has 0 heterocycles. The summed E-state index contributed by atoms with van der Waals surface area (Å²) in [6, 6.07) is 25.7. The number of hydrogen-bond donors (Lipinski definition) is 4. The van der Waals surface area contributed by atoms with Crippen LogP contribution in [-0.4, -0.2) is 22.2 Å². The molecule has 0 aromatic heterocycles. The predicted molar refractivity (Wildman–Crippen MR) is 145 cm³/mol. The number of para-hydroxylation sites is 2. The van der Waals surface area contributed by atoms with Crippen LogP contribution in [0.5, 0.6) is 0 Å². The second kappa shape index (κ2) is 13.3. The van der Waals surface area contributed by atoms with Crippen molar-refractivity contribution in [2.75, 3.05) is 10.6 Å². The van der Waals surface area contributed by atoms with Crippen LogP contribution >= 0.6 is 0 Å². The molecule has 7 heteroatoms. The number of benzene rings is 4. The van der Waals surface area contributed by atoms with E-state index >= 15 is 0 Å². The summed E-state index contributed by atoms with van der Waals surface area (Å²) < 4.78 is 0. The zero-order valence-corrected chi connectivity index (χ0v) is 22.1. The molecule has 6 nitrogen and oxygen atoms in total. The van der Waals surface area contributed by atoms with Gasteiger partial charge in [0.05, 0.1) is 22.5 Å². The number of anilines is 4. The Labute approximate surface area is 227 Å². The van der Waals surface area contributed by atoms with Gasteiger partial charge in [0.1, 0.15) is 0 Å². The fourth-order valence-electron chi connectivity index (χ4n) is 3.62. The molecule has 4 rings (SSSR count). The van der Waals surface area contributed by atoms with Crippen LogP contribution in [0.15, 0.2) is 84.9 Å². The van der Waals surface area contributed by atoms with Gasteiger partial charge in [-0.3, -0.25) is 0 Å². The molecule has 0 unspecified atom stereocenters. The van der Waals surface area contributed by atoms with Crippen molar-refractivity contribution in [1.29, 1.82) is 0 Å². The van der Waals surface area contributed by atoms with Crippen LogP contribution in [0.1, 0.15) is 43.0 Å². The Hall–Kier alpha value is -4.09. The minimum Gasteiger partial charge on any atom is -0.478 e. The Kier molecular flexibility index (Phi) is 10.5. The average Bonchev–Trinajstić information content (AvgIpc) is 2.86. The molecule has 0 saturated heterocycles. The summed E-state index contributed by atoms with van der Waals surface area (Å²) in [7, 11) is 0. The van der Waals surface area contributed by atoms with Crippen LogP contribution in [0.4, 0.5) is 22.7 Å². The van der Waals surface area contributed by atoms with Gasteiger partial charge >= 0.3 is 11.9 Å². The Morgan fingerprint density at radius 2 is 0.838 bits per heavy atom. The van der Waals surface area contributed by atoms with E-state index in [4.69, 9.17) is 10.2 Å². The summed E-state index contributed by atoms with van der Waals surface area (Å²) >= 11 is 0. The molecule has 4 N–H and O–H groups in total. The smallest absolute Gasteiger partial charge is 0.337 e. The molecule has 0 spiro atoms. The van der Waals surface area contributed by atoms with Gasteiger partial charge < -0.3 is 20.8 Å². The number of carboxylic acid groups (broad SMARTS) is 2. The molecule has 0 saturated carbocycles. The molecular weight excluding hydrogens is 511 g/mol. The van der Waals surface area contributed by atoms with Crippen LogP contribution in [0, 0.1) is 27.7 Å². The first-order valence-corrected chi connectivity index (χ1v) is 11.5. The van der Waals surface area contributed by atoms with E-state index < -0.39 is 11.9 Å². The second-order valence-corrected chi connectivity index (χ2v) is 8.45. The maximum atomic E-state index is 11.1. The number of rotatable bonds is 6. The topological polar surface area (TPSA) is 98.7 Å². The first-order valence-electron chi connectivity index (χ1n) is 11.5. The number of hydrogen-bond acceptors (Lipinski definition) is 4. The van der Waals surface area contributed by atoms with E-state index in [1.807, 2.05) is 76.2 Å². The van der Waals surface area contributed by atoms with Gasteiger partial charge in [0.15, 0.2) is 0 Å². The SMILES string of the molecule is Cc1cccc(Nc2ccccc2C(=O)O)c1C.Cc1cccc(Nc2ccccc2C(=O)O)c1C.[Ni]. The average molecular weight is 541 g/mol. The van der Waals surface area contributed by atoms with Crippen molar-refractivity contribution in [2.45, 2.75) is 27.7 Å². The van der Waals surface area contributed by atoms with Crippen molar-refractivity contribution in [3.63, 3.8) is 0 Å². The molecule has 0 fully saturated rings. The summed E-state index contributed by atoms with van der Waals surface area (Å²) in [6.45, 7) is 8.09. The Morgan fingerprint density at radius 1 is 0.514 bits per heavy atom.